The molecule has 8 heteroatoms. The number of carbonyl (C=O) groups is 1. The summed E-state index contributed by atoms with van der Waals surface area (Å²) in [6.45, 7) is 1.60. The van der Waals surface area contributed by atoms with Crippen LogP contribution in [0.5, 0.6) is 11.6 Å². The summed E-state index contributed by atoms with van der Waals surface area (Å²) in [4.78, 5) is 23.6. The molecule has 31 heavy (non-hydrogen) atoms. The number of rotatable bonds is 7. The Kier molecular flexibility index (Phi) is 6.47. The molecule has 8 nitrogen and oxygen atoms in total. The number of ether oxygens (including phenoxy) is 2. The number of likely N-dealkylation sites (tertiary alicyclic amines) is 1. The fourth-order valence-corrected chi connectivity index (χ4v) is 3.54. The van der Waals surface area contributed by atoms with Crippen LogP contribution in [-0.4, -0.2) is 59.3 Å². The molecule has 4 rings (SSSR count). The molecule has 0 aliphatic carbocycles. The van der Waals surface area contributed by atoms with Crippen LogP contribution in [0, 0.1) is 0 Å². The van der Waals surface area contributed by atoms with Crippen molar-refractivity contribution in [2.45, 2.75) is 19.3 Å². The van der Waals surface area contributed by atoms with E-state index in [4.69, 9.17) is 19.0 Å². The molecule has 0 atom stereocenters. The lowest BCUT2D eigenvalue weighted by molar-refractivity contribution is 0.0685. The Labute approximate surface area is 180 Å². The number of hydrogen-bond acceptors (Lipinski definition) is 7. The van der Waals surface area contributed by atoms with E-state index in [1.165, 1.54) is 0 Å². The Hall–Kier alpha value is -3.39. The molecular weight excluding hydrogens is 398 g/mol. The Morgan fingerprint density at radius 1 is 1.10 bits per heavy atom. The fourth-order valence-electron chi connectivity index (χ4n) is 3.54. The number of pyridine rings is 1. The van der Waals surface area contributed by atoms with Gasteiger partial charge in [0.05, 0.1) is 13.7 Å². The molecule has 2 aromatic heterocycles. The number of nitrogens with zero attached hydrogens (tertiary/aromatic N) is 3. The predicted molar refractivity (Wildman–Crippen MR) is 114 cm³/mol. The van der Waals surface area contributed by atoms with E-state index >= 15 is 0 Å². The number of methoxy groups -OCH3 is 1. The van der Waals surface area contributed by atoms with Gasteiger partial charge < -0.3 is 23.9 Å². The van der Waals surface area contributed by atoms with Crippen molar-refractivity contribution in [2.75, 3.05) is 33.4 Å². The number of amides is 1. The van der Waals surface area contributed by atoms with Crippen LogP contribution in [0.15, 0.2) is 47.0 Å². The second kappa shape index (κ2) is 9.61. The predicted octanol–water partition coefficient (Wildman–Crippen LogP) is 3.41. The van der Waals surface area contributed by atoms with E-state index < -0.39 is 0 Å². The van der Waals surface area contributed by atoms with Gasteiger partial charge >= 0.3 is 5.91 Å². The van der Waals surface area contributed by atoms with Crippen LogP contribution in [0.4, 0.5) is 0 Å². The highest BCUT2D eigenvalue weighted by molar-refractivity contribution is 5.92. The van der Waals surface area contributed by atoms with Crippen molar-refractivity contribution in [3.05, 3.63) is 48.5 Å². The fraction of sp³-hybridized carbons (Fsp3) is 0.348. The summed E-state index contributed by atoms with van der Waals surface area (Å²) >= 11 is 0. The highest BCUT2D eigenvalue weighted by atomic mass is 16.5. The van der Waals surface area contributed by atoms with Gasteiger partial charge in [0, 0.05) is 36.5 Å². The van der Waals surface area contributed by atoms with Crippen LogP contribution in [0.2, 0.25) is 0 Å². The highest BCUT2D eigenvalue weighted by Crippen LogP contribution is 2.34. The summed E-state index contributed by atoms with van der Waals surface area (Å²) in [5.74, 6) is 1.49. The quantitative estimate of drug-likeness (QED) is 0.622. The third-order valence-corrected chi connectivity index (χ3v) is 5.15. The van der Waals surface area contributed by atoms with Crippen molar-refractivity contribution in [3.63, 3.8) is 0 Å². The maximum Gasteiger partial charge on any atom is 0.309 e. The molecule has 1 fully saturated rings. The molecule has 1 aliphatic heterocycles. The van der Waals surface area contributed by atoms with E-state index in [9.17, 15) is 4.79 Å². The summed E-state index contributed by atoms with van der Waals surface area (Å²) in [7, 11) is 1.55. The molecule has 1 amide bonds. The normalized spacial score (nSPS) is 13.8. The van der Waals surface area contributed by atoms with Gasteiger partial charge in [-0.05, 0) is 49.6 Å². The molecule has 1 N–H and O–H groups in total. The summed E-state index contributed by atoms with van der Waals surface area (Å²) < 4.78 is 16.6. The Bertz CT molecular complexity index is 1010. The Balaban J connectivity index is 1.70. The van der Waals surface area contributed by atoms with E-state index in [0.717, 1.165) is 30.4 Å². The van der Waals surface area contributed by atoms with Gasteiger partial charge in [-0.1, -0.05) is 0 Å². The summed E-state index contributed by atoms with van der Waals surface area (Å²) in [6.07, 6.45) is 4.76. The molecule has 3 aromatic rings. The third kappa shape index (κ3) is 4.69. The second-order valence-electron chi connectivity index (χ2n) is 7.24. The van der Waals surface area contributed by atoms with Crippen LogP contribution in [0.3, 0.4) is 0 Å². The van der Waals surface area contributed by atoms with Gasteiger partial charge in [-0.2, -0.15) is 0 Å². The van der Waals surface area contributed by atoms with Gasteiger partial charge in [0.15, 0.2) is 5.76 Å². The number of benzene rings is 1. The number of carbonyl (C=O) groups excluding carboxylic acids is 1. The SMILES string of the molecule is COc1ccc(-c2nc(C(=O)N3CCCCC3)oc2-c2ccc(OCCO)cc2)cn1. The van der Waals surface area contributed by atoms with E-state index in [1.807, 2.05) is 18.2 Å². The van der Waals surface area contributed by atoms with Crippen LogP contribution >= 0.6 is 0 Å². The standard InChI is InChI=1S/C23H25N3O5/c1-29-19-10-7-17(15-24-19)20-21(16-5-8-18(9-6-16)30-14-13-27)31-22(25-20)23(28)26-11-3-2-4-12-26/h5-10,15,27H,2-4,11-14H2,1H3. The first-order chi connectivity index (χ1) is 15.2. The number of aromatic nitrogens is 2. The Morgan fingerprint density at radius 3 is 2.48 bits per heavy atom. The molecule has 0 bridgehead atoms. The zero-order chi connectivity index (χ0) is 21.6. The molecule has 1 saturated heterocycles. The van der Waals surface area contributed by atoms with Crippen molar-refractivity contribution < 1.29 is 23.8 Å². The Morgan fingerprint density at radius 2 is 1.84 bits per heavy atom. The van der Waals surface area contributed by atoms with E-state index in [1.54, 1.807) is 36.4 Å². The van der Waals surface area contributed by atoms with Crippen molar-refractivity contribution in [3.8, 4) is 34.2 Å². The first-order valence-corrected chi connectivity index (χ1v) is 10.3. The van der Waals surface area contributed by atoms with Gasteiger partial charge in [-0.25, -0.2) is 9.97 Å². The lowest BCUT2D eigenvalue weighted by Crippen LogP contribution is -2.35. The topological polar surface area (TPSA) is 97.9 Å². The van der Waals surface area contributed by atoms with Crippen LogP contribution in [0.25, 0.3) is 22.6 Å². The lowest BCUT2D eigenvalue weighted by atomic mass is 10.1. The van der Waals surface area contributed by atoms with Gasteiger partial charge in [-0.15, -0.1) is 0 Å². The van der Waals surface area contributed by atoms with Crippen molar-refractivity contribution in [1.29, 1.82) is 0 Å². The minimum absolute atomic E-state index is 0.0551. The van der Waals surface area contributed by atoms with Crippen molar-refractivity contribution in [1.82, 2.24) is 14.9 Å². The van der Waals surface area contributed by atoms with Crippen LogP contribution in [0.1, 0.15) is 29.9 Å². The lowest BCUT2D eigenvalue weighted by Gasteiger charge is -2.25. The highest BCUT2D eigenvalue weighted by Gasteiger charge is 2.26. The molecule has 162 valence electrons. The first kappa shape index (κ1) is 20.9. The third-order valence-electron chi connectivity index (χ3n) is 5.15. The molecular formula is C23H25N3O5. The monoisotopic (exact) mass is 423 g/mol. The molecule has 3 heterocycles. The van der Waals surface area contributed by atoms with Gasteiger partial charge in [0.1, 0.15) is 18.1 Å². The molecule has 1 aliphatic rings. The average molecular weight is 423 g/mol. The summed E-state index contributed by atoms with van der Waals surface area (Å²) in [6, 6.07) is 10.8. The number of piperidine rings is 1. The molecule has 0 spiro atoms. The molecule has 0 saturated carbocycles. The first-order valence-electron chi connectivity index (χ1n) is 10.3. The largest absolute Gasteiger partial charge is 0.491 e. The average Bonchev–Trinajstić information content (AvgIpc) is 3.28. The minimum Gasteiger partial charge on any atom is -0.491 e. The number of aliphatic hydroxyl groups excluding tert-OH is 1. The van der Waals surface area contributed by atoms with Crippen LogP contribution in [-0.2, 0) is 0 Å². The maximum atomic E-state index is 13.0. The van der Waals surface area contributed by atoms with Gasteiger partial charge in [0.25, 0.3) is 5.89 Å². The smallest absolute Gasteiger partial charge is 0.309 e. The zero-order valence-electron chi connectivity index (χ0n) is 17.4. The van der Waals surface area contributed by atoms with E-state index in [-0.39, 0.29) is 25.0 Å². The molecule has 0 radical (unpaired) electrons. The summed E-state index contributed by atoms with van der Waals surface area (Å²) in [5.41, 5.74) is 2.02. The number of oxazole rings is 1. The van der Waals surface area contributed by atoms with Crippen LogP contribution < -0.4 is 9.47 Å². The zero-order valence-corrected chi connectivity index (χ0v) is 17.4. The van der Waals surface area contributed by atoms with Gasteiger partial charge in [0.2, 0.25) is 5.88 Å². The minimum atomic E-state index is -0.198. The van der Waals surface area contributed by atoms with E-state index in [0.29, 0.717) is 36.2 Å². The number of hydrogen-bond donors (Lipinski definition) is 1. The van der Waals surface area contributed by atoms with E-state index in [2.05, 4.69) is 9.97 Å². The molecule has 0 unspecified atom stereocenters. The maximum absolute atomic E-state index is 13.0. The summed E-state index contributed by atoms with van der Waals surface area (Å²) in [5, 5.41) is 8.92. The van der Waals surface area contributed by atoms with Crippen molar-refractivity contribution >= 4 is 5.91 Å². The number of aliphatic hydroxyl groups is 1. The van der Waals surface area contributed by atoms with Crippen molar-refractivity contribution in [2.24, 2.45) is 0 Å². The second-order valence-corrected chi connectivity index (χ2v) is 7.24. The molecule has 1 aromatic carbocycles. The van der Waals surface area contributed by atoms with Gasteiger partial charge in [-0.3, -0.25) is 4.79 Å².